The zero-order valence-electron chi connectivity index (χ0n) is 76.0. The lowest BCUT2D eigenvalue weighted by molar-refractivity contribution is -0.404. The van der Waals surface area contributed by atoms with Gasteiger partial charge < -0.3 is 157 Å². The van der Waals surface area contributed by atoms with Crippen LogP contribution in [-0.4, -0.2) is 360 Å². The first-order chi connectivity index (χ1) is 61.9. The number of carbonyl (C=O) groups excluding carboxylic acids is 18. The minimum atomic E-state index is -2.53. The Morgan fingerprint density at radius 3 is 0.780 bits per heavy atom. The van der Waals surface area contributed by atoms with Gasteiger partial charge in [0.05, 0.1) is 24.9 Å². The summed E-state index contributed by atoms with van der Waals surface area (Å²) in [6.45, 7) is 19.4. The van der Waals surface area contributed by atoms with Crippen molar-refractivity contribution >= 4 is 107 Å². The summed E-state index contributed by atoms with van der Waals surface area (Å²) in [7, 11) is 0. The van der Waals surface area contributed by atoms with Crippen molar-refractivity contribution in [2.24, 2.45) is 0 Å². The maximum absolute atomic E-state index is 14.6. The van der Waals surface area contributed by atoms with Crippen LogP contribution in [0.25, 0.3) is 0 Å². The molecule has 35 atom stereocenters. The first-order valence-electron chi connectivity index (χ1n) is 41.3. The van der Waals surface area contributed by atoms with Crippen molar-refractivity contribution in [2.75, 3.05) is 33.0 Å². The molecule has 0 spiro atoms. The summed E-state index contributed by atoms with van der Waals surface area (Å²) in [5.41, 5.74) is 0. The maximum Gasteiger partial charge on any atom is 0.303 e. The zero-order valence-corrected chi connectivity index (χ0v) is 76.0. The van der Waals surface area contributed by atoms with Crippen LogP contribution in [0.1, 0.15) is 145 Å². The Kier molecular flexibility index (Phi) is 40.8. The monoisotopic (exact) mass is 1900 g/mol. The molecule has 0 bridgehead atoms. The molecule has 0 radical (unpaired) electrons. The Morgan fingerprint density at radius 1 is 0.250 bits per heavy atom. The van der Waals surface area contributed by atoms with Crippen LogP contribution in [0, 0.1) is 0 Å². The van der Waals surface area contributed by atoms with E-state index in [1.807, 2.05) is 0 Å². The second kappa shape index (κ2) is 49.5. The van der Waals surface area contributed by atoms with Gasteiger partial charge in [0.1, 0.15) is 93.5 Å². The molecule has 7 heterocycles. The van der Waals surface area contributed by atoms with Gasteiger partial charge in [0, 0.05) is 125 Å². The van der Waals surface area contributed by atoms with Gasteiger partial charge in [0.25, 0.3) is 0 Å². The van der Waals surface area contributed by atoms with Gasteiger partial charge in [0.15, 0.2) is 129 Å². The summed E-state index contributed by atoms with van der Waals surface area (Å²) in [5, 5.41) is 15.3. The highest BCUT2D eigenvalue weighted by Crippen LogP contribution is 2.44. The highest BCUT2D eigenvalue weighted by Gasteiger charge is 2.65. The van der Waals surface area contributed by atoms with Gasteiger partial charge in [-0.25, -0.2) is 0 Å². The highest BCUT2D eigenvalue weighted by molar-refractivity contribution is 5.74. The number of hydrogen-bond donors (Lipinski definition) is 2. The molecule has 132 heavy (non-hydrogen) atoms. The second-order valence-corrected chi connectivity index (χ2v) is 30.9. The van der Waals surface area contributed by atoms with Gasteiger partial charge in [-0.15, -0.1) is 6.58 Å². The van der Waals surface area contributed by atoms with E-state index in [1.165, 1.54) is 26.8 Å². The molecule has 0 aliphatic carbocycles. The smallest absolute Gasteiger partial charge is 0.303 e. The SMILES string of the molecule is C=CCO[C@@H]1O[C@H](COC(C)=O)[C@@H](O[C@@H]2O[C@H](COC(C)=O)[C@H](OC(C)=O)[C@H](O[C@@H]3O[C@H](COC(C)=O)[C@@H](O[C@@H]4O[C@H](COC(C)=O)[C@H](OC(C)=O)[C@H](OC(C)=O)[C@H]4O[C@@H]4O[C@@H](C)[C@@H](OC(C)=O)[C@@H](OC(C)=O)[C@@H]4OC(C)=O)[C@H](O[C@@H]4O[C@@H](C)[C@@H](OC(C)=O)[C@@H](OC(C)=O)[C@@H]4OC(C)=O)[C@H]3NC(C)=O)[C@H]2OC(C)=O)[C@H](O[C@@H]2O[C@@H](C)[C@@H](OC(C)=O)[C@@H](OC(C)=O)[C@@H]2OC(C)=O)[C@H]1O. The van der Waals surface area contributed by atoms with Gasteiger partial charge in [0.2, 0.25) is 5.91 Å². The lowest BCUT2D eigenvalue weighted by Gasteiger charge is -2.53. The molecule has 742 valence electrons. The van der Waals surface area contributed by atoms with E-state index in [9.17, 15) is 91.4 Å². The minimum absolute atomic E-state index is 0.415. The number of nitrogens with one attached hydrogen (secondary N) is 1. The van der Waals surface area contributed by atoms with Gasteiger partial charge >= 0.3 is 101 Å². The molecule has 7 rings (SSSR count). The Hall–Kier alpha value is -10.4. The van der Waals surface area contributed by atoms with Crippen molar-refractivity contribution in [3.63, 3.8) is 0 Å². The summed E-state index contributed by atoms with van der Waals surface area (Å²) in [6, 6.07) is -2.32. The minimum Gasteiger partial charge on any atom is -0.463 e. The summed E-state index contributed by atoms with van der Waals surface area (Å²) in [6.07, 6.45) is -69.1. The Bertz CT molecular complexity index is 4100. The number of aliphatic hydroxyl groups is 1. The zero-order chi connectivity index (χ0) is 98.5. The number of aliphatic hydroxyl groups excluding tert-OH is 1. The van der Waals surface area contributed by atoms with E-state index in [2.05, 4.69) is 11.9 Å². The van der Waals surface area contributed by atoms with Gasteiger partial charge in [-0.05, 0) is 20.8 Å². The number of esters is 17. The van der Waals surface area contributed by atoms with E-state index >= 15 is 0 Å². The number of carbonyl (C=O) groups is 18. The lowest BCUT2D eigenvalue weighted by atomic mass is 9.93. The van der Waals surface area contributed by atoms with Crippen molar-refractivity contribution < 1.29 is 238 Å². The quantitative estimate of drug-likeness (QED) is 0.0381. The predicted octanol–water partition coefficient (Wildman–Crippen LogP) is -2.14. The van der Waals surface area contributed by atoms with E-state index in [4.69, 9.17) is 147 Å². The third-order valence-electron chi connectivity index (χ3n) is 19.9. The van der Waals surface area contributed by atoms with Crippen LogP contribution in [0.2, 0.25) is 0 Å². The van der Waals surface area contributed by atoms with E-state index in [0.29, 0.717) is 0 Å². The van der Waals surface area contributed by atoms with E-state index < -0.39 is 355 Å². The summed E-state index contributed by atoms with van der Waals surface area (Å²) < 4.78 is 190. The number of rotatable bonds is 37. The van der Waals surface area contributed by atoms with Crippen molar-refractivity contribution in [1.29, 1.82) is 0 Å². The van der Waals surface area contributed by atoms with Crippen LogP contribution in [0.15, 0.2) is 12.7 Å². The lowest BCUT2D eigenvalue weighted by Crippen LogP contribution is -2.72. The molecular weight excluding hydrogens is 1790 g/mol. The predicted molar refractivity (Wildman–Crippen MR) is 415 cm³/mol. The normalized spacial score (nSPS) is 35.4. The first kappa shape index (κ1) is 109. The molecule has 0 saturated carbocycles. The van der Waals surface area contributed by atoms with Crippen molar-refractivity contribution in [3.05, 3.63) is 12.7 Å². The fraction of sp³-hybridized carbons (Fsp3) is 0.753. The summed E-state index contributed by atoms with van der Waals surface area (Å²) in [4.78, 5) is 241. The number of ether oxygens (including phenoxy) is 31. The second-order valence-electron chi connectivity index (χ2n) is 30.9. The van der Waals surface area contributed by atoms with Gasteiger partial charge in [-0.1, -0.05) is 6.08 Å². The molecule has 1 amide bonds. The molecule has 7 saturated heterocycles. The van der Waals surface area contributed by atoms with E-state index in [1.54, 1.807) is 0 Å². The first-order valence-corrected chi connectivity index (χ1v) is 41.3. The molecule has 0 aromatic rings. The van der Waals surface area contributed by atoms with Crippen molar-refractivity contribution in [1.82, 2.24) is 5.32 Å². The summed E-state index contributed by atoms with van der Waals surface area (Å²) in [5.74, 6) is -19.9. The fourth-order valence-electron chi connectivity index (χ4n) is 15.3. The molecule has 7 aliphatic rings. The van der Waals surface area contributed by atoms with E-state index in [-0.39, 0.29) is 0 Å². The average Bonchev–Trinajstić information content (AvgIpc) is 0.747. The average molecular weight is 1900 g/mol. The third kappa shape index (κ3) is 30.8. The Balaban J connectivity index is 1.58. The molecule has 51 nitrogen and oxygen atoms in total. The fourth-order valence-corrected chi connectivity index (χ4v) is 15.3. The summed E-state index contributed by atoms with van der Waals surface area (Å²) >= 11 is 0. The topological polar surface area (TPSA) is 626 Å². The Morgan fingerprint density at radius 2 is 0.470 bits per heavy atom. The van der Waals surface area contributed by atoms with Crippen LogP contribution in [-0.2, 0) is 233 Å². The third-order valence-corrected chi connectivity index (χ3v) is 19.9. The molecule has 7 fully saturated rings. The van der Waals surface area contributed by atoms with Gasteiger partial charge in [-0.3, -0.25) is 86.3 Å². The standard InChI is InChI=1S/C81H113NO50/c1-23-24-102-76-55(101)64(130-78-71(120-47(20)98)66(116-43(16)94)57(30(3)108-78)111-38(11)89)60(51(124-76)26-104-34(7)85)128-80-73(122-49(22)100)69(62(114-41(14)92)53(125-80)28-106-36(9)87)131-75-54(82-32(5)83)63(129-77-70(119-46(19)97)65(115-42(15)93)56(29(2)107-77)110-37(10)88)59(50(123-75)25-103-33(6)84)127-81-74(68(118-45(18)96)61(113-40(13)91)52(126-81)27-105-35(8)86)132-79-72(121-48(21)99)67(117-44(17)95)58(31(4)109-79)112-39(12)90/h23,29-31,50-81,101H,1,24-28H2,2-22H3,(H,82,83)/t29-,30-,31-,50+,51+,52+,53+,54+,55+,56+,57+,58+,59+,60+,61-,62-,63+,64+,65+,66+,67+,68-,69-,70-,71-,72-,73+,74+,75-,76+,77-,78-,79-,80-,81-/m0/s1. The van der Waals surface area contributed by atoms with Crippen molar-refractivity contribution in [2.45, 2.75) is 360 Å². The largest absolute Gasteiger partial charge is 0.463 e. The highest BCUT2D eigenvalue weighted by atomic mass is 16.8. The molecule has 0 aromatic heterocycles. The van der Waals surface area contributed by atoms with Crippen molar-refractivity contribution in [3.8, 4) is 0 Å². The maximum atomic E-state index is 14.6. The van der Waals surface area contributed by atoms with Crippen LogP contribution in [0.5, 0.6) is 0 Å². The van der Waals surface area contributed by atoms with E-state index in [0.717, 1.165) is 125 Å². The van der Waals surface area contributed by atoms with Gasteiger partial charge in [-0.2, -0.15) is 0 Å². The Labute approximate surface area is 754 Å². The molecule has 7 aliphatic heterocycles. The van der Waals surface area contributed by atoms with Crippen LogP contribution < -0.4 is 5.32 Å². The molecule has 0 unspecified atom stereocenters. The van der Waals surface area contributed by atoms with Crippen LogP contribution in [0.3, 0.4) is 0 Å². The molecule has 0 aromatic carbocycles. The molecule has 2 N–H and O–H groups in total. The van der Waals surface area contributed by atoms with Crippen LogP contribution in [0.4, 0.5) is 0 Å². The molecular formula is C81H113NO50. The molecule has 51 heteroatoms. The van der Waals surface area contributed by atoms with Crippen LogP contribution >= 0.6 is 0 Å². The number of amides is 1. The number of hydrogen-bond acceptors (Lipinski definition) is 50.